The molecule has 2 aliphatic heterocycles. The van der Waals surface area contributed by atoms with E-state index in [0.29, 0.717) is 30.4 Å². The van der Waals surface area contributed by atoms with Gasteiger partial charge in [-0.05, 0) is 44.4 Å². The number of carbonyl (C=O) groups excluding carboxylic acids is 2. The van der Waals surface area contributed by atoms with Gasteiger partial charge < -0.3 is 15.4 Å². The zero-order chi connectivity index (χ0) is 17.1. The van der Waals surface area contributed by atoms with Gasteiger partial charge >= 0.3 is 0 Å². The van der Waals surface area contributed by atoms with Crippen LogP contribution in [0.25, 0.3) is 0 Å². The second-order valence-corrected chi connectivity index (χ2v) is 6.52. The fourth-order valence-corrected chi connectivity index (χ4v) is 3.92. The number of methoxy groups -OCH3 is 1. The molecule has 2 saturated heterocycles. The number of ether oxygens (including phenoxy) is 1. The Morgan fingerprint density at radius 3 is 2.50 bits per heavy atom. The number of para-hydroxylation sites is 1. The van der Waals surface area contributed by atoms with Crippen molar-refractivity contribution in [2.75, 3.05) is 26.7 Å². The van der Waals surface area contributed by atoms with Crippen LogP contribution in [0.5, 0.6) is 5.75 Å². The number of piperidine rings is 1. The molecule has 2 aliphatic rings. The highest BCUT2D eigenvalue weighted by molar-refractivity contribution is 5.97. The lowest BCUT2D eigenvalue weighted by Gasteiger charge is -2.38. The van der Waals surface area contributed by atoms with E-state index in [9.17, 15) is 9.59 Å². The molecule has 2 fully saturated rings. The Morgan fingerprint density at radius 2 is 1.83 bits per heavy atom. The maximum atomic E-state index is 12.7. The molecule has 0 aromatic heterocycles. The van der Waals surface area contributed by atoms with Gasteiger partial charge in [-0.1, -0.05) is 12.1 Å². The molecule has 2 heterocycles. The van der Waals surface area contributed by atoms with Gasteiger partial charge in [-0.2, -0.15) is 0 Å². The Morgan fingerprint density at radius 1 is 1.12 bits per heavy atom. The standard InChI is InChI=1S/C18H25N3O3/c1-24-16-7-3-2-5-14(16)18(23)20-11-8-13(9-12-20)21-10-4-6-15(21)17(19)22/h2-3,5,7,13,15H,4,6,8-12H2,1H3,(H2,19,22). The van der Waals surface area contributed by atoms with Gasteiger partial charge in [0.05, 0.1) is 18.7 Å². The van der Waals surface area contributed by atoms with E-state index in [1.54, 1.807) is 13.2 Å². The van der Waals surface area contributed by atoms with E-state index in [-0.39, 0.29) is 17.9 Å². The maximum absolute atomic E-state index is 12.7. The van der Waals surface area contributed by atoms with E-state index in [0.717, 1.165) is 32.2 Å². The smallest absolute Gasteiger partial charge is 0.257 e. The average Bonchev–Trinajstić information content (AvgIpc) is 3.11. The summed E-state index contributed by atoms with van der Waals surface area (Å²) < 4.78 is 5.29. The van der Waals surface area contributed by atoms with Crippen molar-refractivity contribution < 1.29 is 14.3 Å². The molecular weight excluding hydrogens is 306 g/mol. The summed E-state index contributed by atoms with van der Waals surface area (Å²) in [5, 5.41) is 0. The SMILES string of the molecule is COc1ccccc1C(=O)N1CCC(N2CCCC2C(N)=O)CC1. The van der Waals surface area contributed by atoms with Crippen LogP contribution in [0.3, 0.4) is 0 Å². The molecule has 6 nitrogen and oxygen atoms in total. The Balaban J connectivity index is 1.63. The molecule has 6 heteroatoms. The van der Waals surface area contributed by atoms with Gasteiger partial charge in [-0.25, -0.2) is 0 Å². The molecule has 0 saturated carbocycles. The minimum absolute atomic E-state index is 0.0128. The van der Waals surface area contributed by atoms with E-state index in [4.69, 9.17) is 10.5 Å². The lowest BCUT2D eigenvalue weighted by Crippen LogP contribution is -2.51. The van der Waals surface area contributed by atoms with Crippen LogP contribution in [-0.4, -0.2) is 60.4 Å². The summed E-state index contributed by atoms with van der Waals surface area (Å²) >= 11 is 0. The lowest BCUT2D eigenvalue weighted by molar-refractivity contribution is -0.123. The van der Waals surface area contributed by atoms with Crippen LogP contribution in [-0.2, 0) is 4.79 Å². The highest BCUT2D eigenvalue weighted by Crippen LogP contribution is 2.27. The van der Waals surface area contributed by atoms with Crippen LogP contribution < -0.4 is 10.5 Å². The molecule has 1 atom stereocenters. The van der Waals surface area contributed by atoms with E-state index < -0.39 is 0 Å². The first-order valence-corrected chi connectivity index (χ1v) is 8.59. The quantitative estimate of drug-likeness (QED) is 0.901. The van der Waals surface area contributed by atoms with Crippen LogP contribution in [0.2, 0.25) is 0 Å². The minimum Gasteiger partial charge on any atom is -0.496 e. The number of carbonyl (C=O) groups is 2. The van der Waals surface area contributed by atoms with Crippen LogP contribution >= 0.6 is 0 Å². The van der Waals surface area contributed by atoms with Gasteiger partial charge in [0.15, 0.2) is 0 Å². The number of primary amides is 1. The first-order chi connectivity index (χ1) is 11.6. The van der Waals surface area contributed by atoms with Crippen molar-refractivity contribution in [3.63, 3.8) is 0 Å². The zero-order valence-corrected chi connectivity index (χ0v) is 14.1. The van der Waals surface area contributed by atoms with Crippen LogP contribution in [0.4, 0.5) is 0 Å². The first kappa shape index (κ1) is 16.8. The highest BCUT2D eigenvalue weighted by atomic mass is 16.5. The lowest BCUT2D eigenvalue weighted by atomic mass is 10.0. The van der Waals surface area contributed by atoms with E-state index in [1.807, 2.05) is 23.1 Å². The summed E-state index contributed by atoms with van der Waals surface area (Å²) in [6.07, 6.45) is 3.64. The second-order valence-electron chi connectivity index (χ2n) is 6.52. The van der Waals surface area contributed by atoms with Crippen molar-refractivity contribution in [3.8, 4) is 5.75 Å². The minimum atomic E-state index is -0.222. The van der Waals surface area contributed by atoms with Crippen LogP contribution in [0.1, 0.15) is 36.0 Å². The molecule has 0 bridgehead atoms. The summed E-state index contributed by atoms with van der Waals surface area (Å²) in [6, 6.07) is 7.53. The van der Waals surface area contributed by atoms with Crippen molar-refractivity contribution >= 4 is 11.8 Å². The Labute approximate surface area is 142 Å². The normalized spacial score (nSPS) is 22.5. The van der Waals surface area contributed by atoms with Crippen molar-refractivity contribution in [2.24, 2.45) is 5.73 Å². The third-order valence-corrected chi connectivity index (χ3v) is 5.18. The van der Waals surface area contributed by atoms with Crippen LogP contribution in [0.15, 0.2) is 24.3 Å². The number of nitrogens with two attached hydrogens (primary N) is 1. The summed E-state index contributed by atoms with van der Waals surface area (Å²) in [5.41, 5.74) is 6.13. The number of benzene rings is 1. The predicted molar refractivity (Wildman–Crippen MR) is 90.8 cm³/mol. The zero-order valence-electron chi connectivity index (χ0n) is 14.1. The maximum Gasteiger partial charge on any atom is 0.257 e. The molecule has 2 amide bonds. The Kier molecular flexibility index (Phi) is 5.04. The van der Waals surface area contributed by atoms with Crippen molar-refractivity contribution in [3.05, 3.63) is 29.8 Å². The molecular formula is C18H25N3O3. The molecule has 1 unspecified atom stereocenters. The fraction of sp³-hybridized carbons (Fsp3) is 0.556. The molecule has 24 heavy (non-hydrogen) atoms. The number of hydrogen-bond donors (Lipinski definition) is 1. The molecule has 130 valence electrons. The summed E-state index contributed by atoms with van der Waals surface area (Å²) in [7, 11) is 1.58. The highest BCUT2D eigenvalue weighted by Gasteiger charge is 2.36. The molecule has 0 radical (unpaired) electrons. The number of hydrogen-bond acceptors (Lipinski definition) is 4. The third kappa shape index (κ3) is 3.24. The Bertz CT molecular complexity index is 611. The molecule has 1 aromatic carbocycles. The summed E-state index contributed by atoms with van der Waals surface area (Å²) in [5.74, 6) is 0.400. The van der Waals surface area contributed by atoms with Crippen molar-refractivity contribution in [1.29, 1.82) is 0 Å². The molecule has 0 aliphatic carbocycles. The molecule has 2 N–H and O–H groups in total. The van der Waals surface area contributed by atoms with Gasteiger partial charge in [-0.3, -0.25) is 14.5 Å². The number of amides is 2. The second kappa shape index (κ2) is 7.21. The van der Waals surface area contributed by atoms with Gasteiger partial charge in [-0.15, -0.1) is 0 Å². The fourth-order valence-electron chi connectivity index (χ4n) is 3.92. The van der Waals surface area contributed by atoms with E-state index >= 15 is 0 Å². The summed E-state index contributed by atoms with van der Waals surface area (Å²) in [4.78, 5) is 28.4. The van der Waals surface area contributed by atoms with Gasteiger partial charge in [0.1, 0.15) is 5.75 Å². The number of rotatable bonds is 4. The largest absolute Gasteiger partial charge is 0.496 e. The number of likely N-dealkylation sites (tertiary alicyclic amines) is 2. The third-order valence-electron chi connectivity index (χ3n) is 5.18. The summed E-state index contributed by atoms with van der Waals surface area (Å²) in [6.45, 7) is 2.33. The topological polar surface area (TPSA) is 75.9 Å². The molecule has 0 spiro atoms. The van der Waals surface area contributed by atoms with Crippen molar-refractivity contribution in [2.45, 2.75) is 37.8 Å². The van der Waals surface area contributed by atoms with Gasteiger partial charge in [0, 0.05) is 19.1 Å². The number of nitrogens with zero attached hydrogens (tertiary/aromatic N) is 2. The molecule has 1 aromatic rings. The first-order valence-electron chi connectivity index (χ1n) is 8.59. The van der Waals surface area contributed by atoms with E-state index in [1.165, 1.54) is 0 Å². The average molecular weight is 331 g/mol. The van der Waals surface area contributed by atoms with E-state index in [2.05, 4.69) is 4.90 Å². The monoisotopic (exact) mass is 331 g/mol. The molecule has 3 rings (SSSR count). The predicted octanol–water partition coefficient (Wildman–Crippen LogP) is 1.25. The Hall–Kier alpha value is -2.08. The van der Waals surface area contributed by atoms with Crippen molar-refractivity contribution in [1.82, 2.24) is 9.80 Å². The van der Waals surface area contributed by atoms with Crippen LogP contribution in [0, 0.1) is 0 Å². The van der Waals surface area contributed by atoms with Gasteiger partial charge in [0.2, 0.25) is 5.91 Å². The van der Waals surface area contributed by atoms with Gasteiger partial charge in [0.25, 0.3) is 5.91 Å².